The first-order valence-corrected chi connectivity index (χ1v) is 6.00. The first kappa shape index (κ1) is 13.4. The normalized spacial score (nSPS) is 10.5. The molecule has 1 aromatic carbocycles. The van der Waals surface area contributed by atoms with E-state index in [2.05, 4.69) is 5.10 Å². The zero-order valence-corrected chi connectivity index (χ0v) is 11.3. The van der Waals surface area contributed by atoms with Crippen molar-refractivity contribution in [2.75, 3.05) is 0 Å². The molecule has 19 heavy (non-hydrogen) atoms. The minimum Gasteiger partial charge on any atom is -0.486 e. The Bertz CT molecular complexity index is 622. The van der Waals surface area contributed by atoms with Crippen LogP contribution in [0.25, 0.3) is 0 Å². The number of carbonyl (C=O) groups is 1. The number of rotatable bonds is 4. The fourth-order valence-corrected chi connectivity index (χ4v) is 1.94. The summed E-state index contributed by atoms with van der Waals surface area (Å²) in [6.45, 7) is 2.22. The van der Waals surface area contributed by atoms with Crippen molar-refractivity contribution in [3.63, 3.8) is 0 Å². The topological polar surface area (TPSA) is 64.3 Å². The number of ether oxygens (including phenoxy) is 1. The van der Waals surface area contributed by atoms with Crippen molar-refractivity contribution in [3.8, 4) is 5.75 Å². The Hall–Kier alpha value is -2.01. The first-order valence-electron chi connectivity index (χ1n) is 5.62. The minimum atomic E-state index is -1.02. The number of carboxylic acids is 1. The molecule has 1 aromatic heterocycles. The Labute approximate surface area is 115 Å². The van der Waals surface area contributed by atoms with Gasteiger partial charge in [0.2, 0.25) is 0 Å². The van der Waals surface area contributed by atoms with E-state index < -0.39 is 5.97 Å². The maximum atomic E-state index is 10.8. The molecule has 0 saturated heterocycles. The van der Waals surface area contributed by atoms with Crippen LogP contribution in [0.3, 0.4) is 0 Å². The average molecular weight is 281 g/mol. The zero-order valence-electron chi connectivity index (χ0n) is 10.6. The molecular formula is C13H13ClN2O3. The van der Waals surface area contributed by atoms with Gasteiger partial charge in [-0.3, -0.25) is 4.68 Å². The van der Waals surface area contributed by atoms with Crippen LogP contribution in [0.15, 0.2) is 24.3 Å². The second-order valence-electron chi connectivity index (χ2n) is 4.14. The van der Waals surface area contributed by atoms with Crippen LogP contribution in [-0.2, 0) is 13.7 Å². The third kappa shape index (κ3) is 3.06. The molecule has 1 heterocycles. The van der Waals surface area contributed by atoms with Gasteiger partial charge < -0.3 is 9.84 Å². The highest BCUT2D eigenvalue weighted by atomic mass is 35.5. The SMILES string of the molecule is Cc1cc(COc2ccc(C(=O)O)cc2Cl)n(C)n1. The quantitative estimate of drug-likeness (QED) is 0.935. The molecule has 0 aliphatic carbocycles. The maximum absolute atomic E-state index is 10.8. The number of carboxylic acid groups (broad SMARTS) is 1. The fourth-order valence-electron chi connectivity index (χ4n) is 1.70. The number of benzene rings is 1. The van der Waals surface area contributed by atoms with E-state index in [1.54, 1.807) is 10.7 Å². The smallest absolute Gasteiger partial charge is 0.335 e. The van der Waals surface area contributed by atoms with E-state index in [-0.39, 0.29) is 10.6 Å². The van der Waals surface area contributed by atoms with E-state index in [1.807, 2.05) is 20.0 Å². The van der Waals surface area contributed by atoms with Crippen LogP contribution in [-0.4, -0.2) is 20.9 Å². The number of halogens is 1. The Morgan fingerprint density at radius 1 is 1.47 bits per heavy atom. The van der Waals surface area contributed by atoms with Crippen LogP contribution in [0.5, 0.6) is 5.75 Å². The molecule has 0 saturated carbocycles. The van der Waals surface area contributed by atoms with Gasteiger partial charge in [-0.1, -0.05) is 11.6 Å². The highest BCUT2D eigenvalue weighted by Gasteiger charge is 2.09. The van der Waals surface area contributed by atoms with Crippen molar-refractivity contribution in [1.29, 1.82) is 0 Å². The van der Waals surface area contributed by atoms with Gasteiger partial charge >= 0.3 is 5.97 Å². The Morgan fingerprint density at radius 3 is 2.74 bits per heavy atom. The van der Waals surface area contributed by atoms with Gasteiger partial charge in [0.25, 0.3) is 0 Å². The van der Waals surface area contributed by atoms with Crippen molar-refractivity contribution >= 4 is 17.6 Å². The molecule has 2 rings (SSSR count). The van der Waals surface area contributed by atoms with Gasteiger partial charge in [-0.15, -0.1) is 0 Å². The summed E-state index contributed by atoms with van der Waals surface area (Å²) < 4.78 is 7.30. The summed E-state index contributed by atoms with van der Waals surface area (Å²) in [4.78, 5) is 10.8. The van der Waals surface area contributed by atoms with Crippen molar-refractivity contribution in [3.05, 3.63) is 46.2 Å². The number of nitrogens with zero attached hydrogens (tertiary/aromatic N) is 2. The maximum Gasteiger partial charge on any atom is 0.335 e. The molecule has 0 bridgehead atoms. The van der Waals surface area contributed by atoms with Crippen molar-refractivity contribution in [1.82, 2.24) is 9.78 Å². The number of aromatic carboxylic acids is 1. The molecule has 100 valence electrons. The fraction of sp³-hybridized carbons (Fsp3) is 0.231. The van der Waals surface area contributed by atoms with Crippen molar-refractivity contribution < 1.29 is 14.6 Å². The summed E-state index contributed by atoms with van der Waals surface area (Å²) in [6.07, 6.45) is 0. The van der Waals surface area contributed by atoms with Gasteiger partial charge in [0.15, 0.2) is 0 Å². The Morgan fingerprint density at radius 2 is 2.21 bits per heavy atom. The molecule has 0 unspecified atom stereocenters. The molecule has 0 atom stereocenters. The third-order valence-corrected chi connectivity index (χ3v) is 2.95. The molecule has 1 N–H and O–H groups in total. The molecule has 0 amide bonds. The van der Waals surface area contributed by atoms with E-state index >= 15 is 0 Å². The van der Waals surface area contributed by atoms with Crippen LogP contribution in [0.1, 0.15) is 21.7 Å². The molecule has 6 heteroatoms. The van der Waals surface area contributed by atoms with E-state index in [0.29, 0.717) is 12.4 Å². The molecule has 5 nitrogen and oxygen atoms in total. The Balaban J connectivity index is 2.12. The molecule has 0 spiro atoms. The lowest BCUT2D eigenvalue weighted by atomic mass is 10.2. The summed E-state index contributed by atoms with van der Waals surface area (Å²) in [5.41, 5.74) is 1.96. The molecule has 0 radical (unpaired) electrons. The second-order valence-corrected chi connectivity index (χ2v) is 4.55. The Kier molecular flexibility index (Phi) is 3.76. The first-order chi connectivity index (χ1) is 8.97. The standard InChI is InChI=1S/C13H13ClN2O3/c1-8-5-10(16(2)15-8)7-19-12-4-3-9(13(17)18)6-11(12)14/h3-6H,7H2,1-2H3,(H,17,18). The molecule has 0 aliphatic rings. The second kappa shape index (κ2) is 5.32. The summed E-state index contributed by atoms with van der Waals surface area (Å²) in [6, 6.07) is 6.29. The van der Waals surface area contributed by atoms with Gasteiger partial charge in [-0.05, 0) is 31.2 Å². The van der Waals surface area contributed by atoms with E-state index in [0.717, 1.165) is 11.4 Å². The summed E-state index contributed by atoms with van der Waals surface area (Å²) >= 11 is 5.97. The molecular weight excluding hydrogens is 268 g/mol. The zero-order chi connectivity index (χ0) is 14.0. The highest BCUT2D eigenvalue weighted by molar-refractivity contribution is 6.32. The van der Waals surface area contributed by atoms with Gasteiger partial charge in [0.05, 0.1) is 22.0 Å². The predicted molar refractivity (Wildman–Crippen MR) is 70.7 cm³/mol. The number of hydrogen-bond acceptors (Lipinski definition) is 3. The lowest BCUT2D eigenvalue weighted by molar-refractivity contribution is 0.0697. The van der Waals surface area contributed by atoms with E-state index in [1.165, 1.54) is 12.1 Å². The lowest BCUT2D eigenvalue weighted by Gasteiger charge is -2.08. The minimum absolute atomic E-state index is 0.133. The summed E-state index contributed by atoms with van der Waals surface area (Å²) in [5, 5.41) is 13.3. The number of aryl methyl sites for hydroxylation is 2. The van der Waals surface area contributed by atoms with E-state index in [9.17, 15) is 4.79 Å². The van der Waals surface area contributed by atoms with Crippen LogP contribution < -0.4 is 4.74 Å². The van der Waals surface area contributed by atoms with Crippen molar-refractivity contribution in [2.45, 2.75) is 13.5 Å². The van der Waals surface area contributed by atoms with E-state index in [4.69, 9.17) is 21.4 Å². The van der Waals surface area contributed by atoms with Crippen LogP contribution in [0.2, 0.25) is 5.02 Å². The third-order valence-electron chi connectivity index (χ3n) is 2.65. The predicted octanol–water partition coefficient (Wildman–Crippen LogP) is 2.66. The summed E-state index contributed by atoms with van der Waals surface area (Å²) in [5.74, 6) is -0.568. The van der Waals surface area contributed by atoms with Gasteiger partial charge in [-0.25, -0.2) is 4.79 Å². The largest absolute Gasteiger partial charge is 0.486 e. The number of aromatic nitrogens is 2. The molecule has 0 aliphatic heterocycles. The van der Waals surface area contributed by atoms with Crippen LogP contribution >= 0.6 is 11.6 Å². The van der Waals surface area contributed by atoms with Gasteiger partial charge in [-0.2, -0.15) is 5.10 Å². The average Bonchev–Trinajstić information content (AvgIpc) is 2.66. The van der Waals surface area contributed by atoms with Crippen molar-refractivity contribution in [2.24, 2.45) is 7.05 Å². The van der Waals surface area contributed by atoms with Gasteiger partial charge in [0, 0.05) is 7.05 Å². The molecule has 0 fully saturated rings. The summed E-state index contributed by atoms with van der Waals surface area (Å²) in [7, 11) is 1.83. The molecule has 2 aromatic rings. The van der Waals surface area contributed by atoms with Crippen LogP contribution in [0, 0.1) is 6.92 Å². The number of hydrogen-bond donors (Lipinski definition) is 1. The van der Waals surface area contributed by atoms with Crippen LogP contribution in [0.4, 0.5) is 0 Å². The lowest BCUT2D eigenvalue weighted by Crippen LogP contribution is -2.04. The highest BCUT2D eigenvalue weighted by Crippen LogP contribution is 2.26. The van der Waals surface area contributed by atoms with Gasteiger partial charge in [0.1, 0.15) is 12.4 Å². The monoisotopic (exact) mass is 280 g/mol.